The Kier molecular flexibility index (Phi) is 10.9. The topological polar surface area (TPSA) is 195 Å². The average Bonchev–Trinajstić information content (AvgIpc) is 4.10. The van der Waals surface area contributed by atoms with Crippen LogP contribution < -0.4 is 24.8 Å². The number of carbonyl (C=O) groups is 4. The van der Waals surface area contributed by atoms with Crippen molar-refractivity contribution in [2.45, 2.75) is 147 Å². The molecule has 2 bridgehead atoms. The molecule has 3 N–H and O–H groups in total. The van der Waals surface area contributed by atoms with Crippen LogP contribution in [0, 0.1) is 23.2 Å². The van der Waals surface area contributed by atoms with Gasteiger partial charge in [0.1, 0.15) is 41.3 Å². The molecular weight excluding hydrogens is 753 g/mol. The highest BCUT2D eigenvalue weighted by molar-refractivity contribution is 7.91. The smallest absolute Gasteiger partial charge is 0.408 e. The highest BCUT2D eigenvalue weighted by Crippen LogP contribution is 2.49. The first-order valence-electron chi connectivity index (χ1n) is 20.6. The van der Waals surface area contributed by atoms with E-state index in [0.717, 1.165) is 38.5 Å². The third kappa shape index (κ3) is 8.24. The summed E-state index contributed by atoms with van der Waals surface area (Å²) in [5, 5.41) is 5.79. The zero-order chi connectivity index (χ0) is 41.1. The average molecular weight is 811 g/mol. The van der Waals surface area contributed by atoms with Crippen molar-refractivity contribution in [1.82, 2.24) is 30.2 Å². The van der Waals surface area contributed by atoms with Gasteiger partial charge in [0.15, 0.2) is 0 Å². The largest absolute Gasteiger partial charge is 0.497 e. The van der Waals surface area contributed by atoms with Crippen LogP contribution in [0.15, 0.2) is 18.2 Å². The summed E-state index contributed by atoms with van der Waals surface area (Å²) in [6, 6.07) is 3.23. The molecule has 1 aromatic carbocycles. The molecule has 15 nitrogen and oxygen atoms in total. The Morgan fingerprint density at radius 2 is 1.82 bits per heavy atom. The minimum Gasteiger partial charge on any atom is -0.497 e. The Balaban J connectivity index is 1.24. The summed E-state index contributed by atoms with van der Waals surface area (Å²) in [6.07, 6.45) is 5.80. The summed E-state index contributed by atoms with van der Waals surface area (Å²) in [6.45, 7) is 10.8. The molecule has 16 heteroatoms. The molecule has 0 unspecified atom stereocenters. The molecule has 1 aromatic heterocycles. The molecule has 3 saturated carbocycles. The first-order chi connectivity index (χ1) is 26.9. The van der Waals surface area contributed by atoms with Crippen molar-refractivity contribution in [2.24, 2.45) is 23.2 Å². The monoisotopic (exact) mass is 810 g/mol. The number of fused-ring (bicyclic) bond motifs is 5. The van der Waals surface area contributed by atoms with E-state index in [-0.39, 0.29) is 30.9 Å². The maximum Gasteiger partial charge on any atom is 0.408 e. The van der Waals surface area contributed by atoms with E-state index in [2.05, 4.69) is 15.4 Å². The molecule has 3 aliphatic carbocycles. The molecule has 5 aliphatic rings. The number of rotatable bonds is 8. The van der Waals surface area contributed by atoms with Gasteiger partial charge in [0.05, 0.1) is 29.4 Å². The number of amides is 4. The van der Waals surface area contributed by atoms with Crippen molar-refractivity contribution in [2.75, 3.05) is 13.7 Å². The van der Waals surface area contributed by atoms with Crippen LogP contribution in [0.2, 0.25) is 0 Å². The Hall–Kier alpha value is -4.21. The lowest BCUT2D eigenvalue weighted by atomic mass is 9.85. The van der Waals surface area contributed by atoms with Gasteiger partial charge >= 0.3 is 6.09 Å². The molecule has 1 saturated heterocycles. The number of hydrogen-bond donors (Lipinski definition) is 3. The van der Waals surface area contributed by atoms with Gasteiger partial charge in [0.2, 0.25) is 27.7 Å². The van der Waals surface area contributed by atoms with Gasteiger partial charge < -0.3 is 29.7 Å². The van der Waals surface area contributed by atoms with Crippen LogP contribution in [0.1, 0.15) is 111 Å². The SMILES string of the molecule is CCC[C@@H]1C[C@]1(NC(=O)[C@@H]1[C@H](C)[C@@H]2CN1C(=O)[C@H](C(C)(C)C)NC(=O)O[C@@H]1C[C@H]1CCCCCc1nc3ccc(OC)cc3nc1O2)C(=O)NS(=O)(=O)C1(C)CC1. The summed E-state index contributed by atoms with van der Waals surface area (Å²) in [5.41, 5.74) is -0.343. The third-order valence-corrected chi connectivity index (χ3v) is 15.0. The van der Waals surface area contributed by atoms with Crippen molar-refractivity contribution in [1.29, 1.82) is 0 Å². The minimum absolute atomic E-state index is 0.0340. The number of carbonyl (C=O) groups excluding carboxylic acids is 4. The number of nitrogens with one attached hydrogen (secondary N) is 3. The van der Waals surface area contributed by atoms with Gasteiger partial charge in [0, 0.05) is 12.0 Å². The number of methoxy groups -OCH3 is 1. The van der Waals surface area contributed by atoms with Gasteiger partial charge in [-0.05, 0) is 87.7 Å². The second kappa shape index (κ2) is 15.2. The molecule has 2 aliphatic heterocycles. The predicted octanol–water partition coefficient (Wildman–Crippen LogP) is 4.55. The van der Waals surface area contributed by atoms with Crippen molar-refractivity contribution < 1.29 is 41.8 Å². The second-order valence-electron chi connectivity index (χ2n) is 18.3. The summed E-state index contributed by atoms with van der Waals surface area (Å²) >= 11 is 0. The molecule has 4 fully saturated rings. The molecule has 8 atom stereocenters. The minimum atomic E-state index is -3.98. The maximum absolute atomic E-state index is 14.8. The Morgan fingerprint density at radius 3 is 2.51 bits per heavy atom. The lowest BCUT2D eigenvalue weighted by Gasteiger charge is -2.36. The Labute approximate surface area is 335 Å². The van der Waals surface area contributed by atoms with Crippen LogP contribution in [0.5, 0.6) is 11.6 Å². The standard InChI is InChI=1S/C41H58N6O9S/c1-8-12-25-21-41(25,37(50)46-57(52,53)40(6)17-18-40)45-34(48)32-23(2)31-22-47(32)36(49)33(39(3,4)5)44-38(51)56-30-19-24(30)13-10-9-11-14-28-35(55-31)43-29-20-26(54-7)15-16-27(29)42-28/h15-16,20,23-25,30-33H,8-14,17-19,21-22H2,1-7H3,(H,44,51)(H,45,48)(H,46,50)/t23-,24-,25-,30-,31+,32+,33-,41-/m1/s1. The van der Waals surface area contributed by atoms with Crippen molar-refractivity contribution in [3.05, 3.63) is 23.9 Å². The van der Waals surface area contributed by atoms with E-state index < -0.39 is 73.6 Å². The van der Waals surface area contributed by atoms with E-state index in [1.165, 1.54) is 4.90 Å². The van der Waals surface area contributed by atoms with Gasteiger partial charge in [-0.3, -0.25) is 19.1 Å². The fourth-order valence-electron chi connectivity index (χ4n) is 8.53. The maximum atomic E-state index is 14.8. The van der Waals surface area contributed by atoms with Gasteiger partial charge in [0.25, 0.3) is 5.91 Å². The quantitative estimate of drug-likeness (QED) is 0.339. The van der Waals surface area contributed by atoms with Crippen molar-refractivity contribution >= 4 is 44.9 Å². The van der Waals surface area contributed by atoms with Crippen molar-refractivity contribution in [3.8, 4) is 11.6 Å². The normalized spacial score (nSPS) is 31.3. The Morgan fingerprint density at radius 1 is 1.07 bits per heavy atom. The first kappa shape index (κ1) is 41.0. The van der Waals surface area contributed by atoms with Crippen LogP contribution >= 0.6 is 0 Å². The van der Waals surface area contributed by atoms with Crippen molar-refractivity contribution in [3.63, 3.8) is 0 Å². The third-order valence-electron chi connectivity index (χ3n) is 12.8. The highest BCUT2D eigenvalue weighted by atomic mass is 32.2. The number of ether oxygens (including phenoxy) is 3. The highest BCUT2D eigenvalue weighted by Gasteiger charge is 2.64. The van der Waals surface area contributed by atoms with Crippen LogP contribution in [0.3, 0.4) is 0 Å². The van der Waals surface area contributed by atoms with E-state index >= 15 is 0 Å². The summed E-state index contributed by atoms with van der Waals surface area (Å²) < 4.78 is 45.6. The molecule has 2 aromatic rings. The van der Waals surface area contributed by atoms with E-state index in [0.29, 0.717) is 54.0 Å². The van der Waals surface area contributed by atoms with E-state index in [1.807, 2.05) is 46.8 Å². The number of hydrogen-bond acceptors (Lipinski definition) is 11. The summed E-state index contributed by atoms with van der Waals surface area (Å²) in [7, 11) is -2.41. The summed E-state index contributed by atoms with van der Waals surface area (Å²) in [4.78, 5) is 68.1. The van der Waals surface area contributed by atoms with Crippen LogP contribution in [-0.2, 0) is 35.6 Å². The van der Waals surface area contributed by atoms with Gasteiger partial charge in [-0.2, -0.15) is 0 Å². The molecule has 7 rings (SSSR count). The molecule has 0 spiro atoms. The predicted molar refractivity (Wildman–Crippen MR) is 211 cm³/mol. The lowest BCUT2D eigenvalue weighted by Crippen LogP contribution is -2.61. The van der Waals surface area contributed by atoms with E-state index in [9.17, 15) is 27.6 Å². The fraction of sp³-hybridized carbons (Fsp3) is 0.707. The Bertz CT molecular complexity index is 2030. The number of benzene rings is 1. The number of aryl methyl sites for hydroxylation is 1. The van der Waals surface area contributed by atoms with E-state index in [4.69, 9.17) is 24.2 Å². The molecule has 57 heavy (non-hydrogen) atoms. The number of nitrogens with zero attached hydrogens (tertiary/aromatic N) is 3. The molecule has 312 valence electrons. The van der Waals surface area contributed by atoms with Crippen LogP contribution in [0.25, 0.3) is 11.0 Å². The first-order valence-corrected chi connectivity index (χ1v) is 22.1. The number of aromatic nitrogens is 2. The fourth-order valence-corrected chi connectivity index (χ4v) is 9.84. The van der Waals surface area contributed by atoms with Crippen LogP contribution in [-0.4, -0.2) is 95.3 Å². The number of alkyl carbamates (subject to hydrolysis) is 1. The lowest BCUT2D eigenvalue weighted by molar-refractivity contribution is -0.143. The number of sulfonamides is 1. The van der Waals surface area contributed by atoms with Gasteiger partial charge in [-0.1, -0.05) is 53.9 Å². The summed E-state index contributed by atoms with van der Waals surface area (Å²) in [5.74, 6) is -1.64. The van der Waals surface area contributed by atoms with E-state index in [1.54, 1.807) is 20.1 Å². The van der Waals surface area contributed by atoms with Gasteiger partial charge in [-0.25, -0.2) is 23.2 Å². The molecule has 0 radical (unpaired) electrons. The molecular formula is C41H58N6O9S. The zero-order valence-electron chi connectivity index (χ0n) is 34.2. The molecule has 4 amide bonds. The zero-order valence-corrected chi connectivity index (χ0v) is 35.0. The van der Waals surface area contributed by atoms with Gasteiger partial charge in [-0.15, -0.1) is 0 Å². The second-order valence-corrected chi connectivity index (χ2v) is 20.5. The molecule has 3 heterocycles. The van der Waals surface area contributed by atoms with Crippen LogP contribution in [0.4, 0.5) is 4.79 Å².